The highest BCUT2D eigenvalue weighted by Crippen LogP contribution is 2.35. The van der Waals surface area contributed by atoms with E-state index in [1.54, 1.807) is 24.6 Å². The highest BCUT2D eigenvalue weighted by atomic mass is 35.5. The van der Waals surface area contributed by atoms with Gasteiger partial charge in [-0.15, -0.1) is 16.9 Å². The summed E-state index contributed by atoms with van der Waals surface area (Å²) in [6.07, 6.45) is 0. The molecular weight excluding hydrogens is 290 g/mol. The summed E-state index contributed by atoms with van der Waals surface area (Å²) in [5, 5.41) is 8.66. The van der Waals surface area contributed by atoms with Gasteiger partial charge in [0, 0.05) is 22.3 Å². The predicted octanol–water partition coefficient (Wildman–Crippen LogP) is 2.77. The topological polar surface area (TPSA) is 54.9 Å². The van der Waals surface area contributed by atoms with Gasteiger partial charge in [-0.2, -0.15) is 0 Å². The molecule has 1 aromatic heterocycles. The van der Waals surface area contributed by atoms with E-state index < -0.39 is 5.25 Å². The number of likely N-dealkylation sites (N-methyl/N-ethyl adjacent to an activating group) is 1. The fraction of sp³-hybridized carbons (Fsp3) is 0.182. The van der Waals surface area contributed by atoms with Crippen molar-refractivity contribution in [3.8, 4) is 0 Å². The zero-order valence-electron chi connectivity index (χ0n) is 9.46. The summed E-state index contributed by atoms with van der Waals surface area (Å²) in [5.41, 5.74) is 0.666. The Morgan fingerprint density at radius 1 is 1.44 bits per heavy atom. The van der Waals surface area contributed by atoms with Crippen LogP contribution in [-0.4, -0.2) is 22.5 Å². The first-order valence-corrected chi connectivity index (χ1v) is 7.21. The number of hydrogen-bond donors (Lipinski definition) is 1. The van der Waals surface area contributed by atoms with Crippen LogP contribution in [0.5, 0.6) is 0 Å². The number of thioether (sulfide) groups is 1. The molecule has 0 spiro atoms. The van der Waals surface area contributed by atoms with E-state index in [9.17, 15) is 4.79 Å². The molecule has 7 heteroatoms. The SMILES string of the molecule is CNC(=O)C(Sc1ccc(Cl)cc1)c1csnn1. The van der Waals surface area contributed by atoms with Crippen LogP contribution in [0.1, 0.15) is 10.9 Å². The second-order valence-electron chi connectivity index (χ2n) is 3.40. The molecule has 1 heterocycles. The van der Waals surface area contributed by atoms with Gasteiger partial charge in [-0.3, -0.25) is 4.79 Å². The summed E-state index contributed by atoms with van der Waals surface area (Å²) in [4.78, 5) is 12.8. The largest absolute Gasteiger partial charge is 0.358 e. The summed E-state index contributed by atoms with van der Waals surface area (Å²) < 4.78 is 3.79. The van der Waals surface area contributed by atoms with Crippen LogP contribution in [0.15, 0.2) is 34.5 Å². The van der Waals surface area contributed by atoms with Gasteiger partial charge in [-0.25, -0.2) is 0 Å². The molecule has 1 amide bonds. The van der Waals surface area contributed by atoms with E-state index in [1.165, 1.54) is 23.3 Å². The fourth-order valence-electron chi connectivity index (χ4n) is 1.31. The molecule has 1 N–H and O–H groups in total. The minimum atomic E-state index is -0.394. The first-order valence-electron chi connectivity index (χ1n) is 5.11. The monoisotopic (exact) mass is 299 g/mol. The van der Waals surface area contributed by atoms with Gasteiger partial charge in [-0.1, -0.05) is 16.1 Å². The van der Waals surface area contributed by atoms with Crippen LogP contribution in [0.3, 0.4) is 0 Å². The molecule has 94 valence electrons. The summed E-state index contributed by atoms with van der Waals surface area (Å²) in [5.74, 6) is -0.0948. The van der Waals surface area contributed by atoms with Crippen molar-refractivity contribution in [1.29, 1.82) is 0 Å². The van der Waals surface area contributed by atoms with Crippen molar-refractivity contribution in [2.24, 2.45) is 0 Å². The Balaban J connectivity index is 2.20. The van der Waals surface area contributed by atoms with E-state index in [1.807, 2.05) is 12.1 Å². The smallest absolute Gasteiger partial charge is 0.239 e. The number of rotatable bonds is 4. The fourth-order valence-corrected chi connectivity index (χ4v) is 3.03. The van der Waals surface area contributed by atoms with Crippen LogP contribution in [0.25, 0.3) is 0 Å². The summed E-state index contributed by atoms with van der Waals surface area (Å²) in [6.45, 7) is 0. The first-order chi connectivity index (χ1) is 8.70. The molecule has 1 atom stereocenters. The first kappa shape index (κ1) is 13.3. The molecule has 1 unspecified atom stereocenters. The number of carbonyl (C=O) groups is 1. The number of benzene rings is 1. The molecule has 4 nitrogen and oxygen atoms in total. The van der Waals surface area contributed by atoms with Crippen molar-refractivity contribution in [3.05, 3.63) is 40.4 Å². The molecule has 0 saturated carbocycles. The van der Waals surface area contributed by atoms with Crippen molar-refractivity contribution in [2.45, 2.75) is 10.1 Å². The molecule has 0 radical (unpaired) electrons. The lowest BCUT2D eigenvalue weighted by Crippen LogP contribution is -2.24. The second-order valence-corrected chi connectivity index (χ2v) is 5.62. The van der Waals surface area contributed by atoms with E-state index in [-0.39, 0.29) is 5.91 Å². The molecule has 1 aromatic carbocycles. The number of aromatic nitrogens is 2. The molecule has 0 aliphatic heterocycles. The lowest BCUT2D eigenvalue weighted by Gasteiger charge is -2.12. The van der Waals surface area contributed by atoms with Crippen LogP contribution in [0, 0.1) is 0 Å². The maximum atomic E-state index is 11.9. The average Bonchev–Trinajstić information content (AvgIpc) is 2.91. The molecule has 0 fully saturated rings. The van der Waals surface area contributed by atoms with Gasteiger partial charge < -0.3 is 5.32 Å². The van der Waals surface area contributed by atoms with E-state index in [0.29, 0.717) is 10.7 Å². The second kappa shape index (κ2) is 6.17. The minimum absolute atomic E-state index is 0.0948. The number of halogens is 1. The number of nitrogens with zero attached hydrogens (tertiary/aromatic N) is 2. The lowest BCUT2D eigenvalue weighted by atomic mass is 10.3. The van der Waals surface area contributed by atoms with Gasteiger partial charge in [0.1, 0.15) is 5.25 Å². The van der Waals surface area contributed by atoms with Crippen molar-refractivity contribution in [2.75, 3.05) is 7.05 Å². The highest BCUT2D eigenvalue weighted by Gasteiger charge is 2.23. The quantitative estimate of drug-likeness (QED) is 0.882. The van der Waals surface area contributed by atoms with Gasteiger partial charge in [0.15, 0.2) is 0 Å². The van der Waals surface area contributed by atoms with E-state index in [4.69, 9.17) is 11.6 Å². The Kier molecular flexibility index (Phi) is 4.57. The summed E-state index contributed by atoms with van der Waals surface area (Å²) in [6, 6.07) is 7.35. The Bertz CT molecular complexity index is 516. The molecule has 18 heavy (non-hydrogen) atoms. The zero-order valence-corrected chi connectivity index (χ0v) is 11.9. The van der Waals surface area contributed by atoms with Crippen molar-refractivity contribution < 1.29 is 4.79 Å². The summed E-state index contributed by atoms with van der Waals surface area (Å²) in [7, 11) is 1.61. The lowest BCUT2D eigenvalue weighted by molar-refractivity contribution is -0.120. The average molecular weight is 300 g/mol. The van der Waals surface area contributed by atoms with Gasteiger partial charge in [0.2, 0.25) is 5.91 Å². The third-order valence-electron chi connectivity index (χ3n) is 2.20. The maximum absolute atomic E-state index is 11.9. The zero-order chi connectivity index (χ0) is 13.0. The van der Waals surface area contributed by atoms with Crippen LogP contribution in [0.4, 0.5) is 0 Å². The Morgan fingerprint density at radius 3 is 2.72 bits per heavy atom. The Hall–Kier alpha value is -1.11. The molecule has 0 aliphatic rings. The van der Waals surface area contributed by atoms with E-state index in [2.05, 4.69) is 14.9 Å². The van der Waals surface area contributed by atoms with Crippen LogP contribution in [0.2, 0.25) is 5.02 Å². The Labute approximate surface area is 118 Å². The van der Waals surface area contributed by atoms with Crippen LogP contribution >= 0.6 is 34.9 Å². The highest BCUT2D eigenvalue weighted by molar-refractivity contribution is 8.00. The third kappa shape index (κ3) is 3.22. The minimum Gasteiger partial charge on any atom is -0.358 e. The Morgan fingerprint density at radius 2 is 2.17 bits per heavy atom. The van der Waals surface area contributed by atoms with Crippen molar-refractivity contribution in [1.82, 2.24) is 14.9 Å². The third-order valence-corrected chi connectivity index (χ3v) is 4.21. The number of carbonyl (C=O) groups excluding carboxylic acids is 1. The van der Waals surface area contributed by atoms with Gasteiger partial charge in [0.05, 0.1) is 5.69 Å². The number of hydrogen-bond acceptors (Lipinski definition) is 5. The van der Waals surface area contributed by atoms with Crippen molar-refractivity contribution in [3.63, 3.8) is 0 Å². The molecule has 2 aromatic rings. The molecular formula is C11H10ClN3OS2. The van der Waals surface area contributed by atoms with E-state index in [0.717, 1.165) is 4.90 Å². The molecule has 2 rings (SSSR count). The predicted molar refractivity (Wildman–Crippen MR) is 74.0 cm³/mol. The van der Waals surface area contributed by atoms with Gasteiger partial charge in [-0.05, 0) is 35.8 Å². The van der Waals surface area contributed by atoms with Gasteiger partial charge in [0.25, 0.3) is 0 Å². The normalized spacial score (nSPS) is 12.1. The number of amides is 1. The maximum Gasteiger partial charge on any atom is 0.239 e. The number of nitrogens with one attached hydrogen (secondary N) is 1. The standard InChI is InChI=1S/C11H10ClN3OS2/c1-13-11(16)10(9-6-17-15-14-9)18-8-4-2-7(12)3-5-8/h2-6,10H,1H3,(H,13,16). The summed E-state index contributed by atoms with van der Waals surface area (Å²) >= 11 is 8.48. The molecule has 0 saturated heterocycles. The molecule has 0 bridgehead atoms. The molecule has 0 aliphatic carbocycles. The van der Waals surface area contributed by atoms with Gasteiger partial charge >= 0.3 is 0 Å². The van der Waals surface area contributed by atoms with Crippen molar-refractivity contribution >= 4 is 40.8 Å². The van der Waals surface area contributed by atoms with E-state index >= 15 is 0 Å². The van der Waals surface area contributed by atoms with Crippen LogP contribution < -0.4 is 5.32 Å². The van der Waals surface area contributed by atoms with Crippen LogP contribution in [-0.2, 0) is 4.79 Å².